The number of nitrogens with zero attached hydrogens (tertiary/aromatic N) is 2. The Morgan fingerprint density at radius 3 is 1.97 bits per heavy atom. The van der Waals surface area contributed by atoms with E-state index in [0.717, 1.165) is 27.4 Å². The zero-order valence-electron chi connectivity index (χ0n) is 16.5. The number of aromatic hydroxyl groups is 1. The van der Waals surface area contributed by atoms with E-state index < -0.39 is 0 Å². The lowest BCUT2D eigenvalue weighted by molar-refractivity contribution is 0.0978. The van der Waals surface area contributed by atoms with Gasteiger partial charge in [-0.05, 0) is 48.9 Å². The molecule has 0 radical (unpaired) electrons. The Labute approximate surface area is 174 Å². The lowest BCUT2D eigenvalue weighted by atomic mass is 10.1. The summed E-state index contributed by atoms with van der Waals surface area (Å²) in [5, 5.41) is 14.4. The smallest absolute Gasteiger partial charge is 0.277 e. The average Bonchev–Trinajstić information content (AvgIpc) is 3.11. The summed E-state index contributed by atoms with van der Waals surface area (Å²) in [4.78, 5) is 13.8. The van der Waals surface area contributed by atoms with Gasteiger partial charge in [0, 0.05) is 16.3 Å². The number of anilines is 1. The van der Waals surface area contributed by atoms with E-state index in [1.165, 1.54) is 0 Å². The maximum atomic E-state index is 13.8. The van der Waals surface area contributed by atoms with Gasteiger partial charge in [-0.1, -0.05) is 60.7 Å². The second-order valence-corrected chi connectivity index (χ2v) is 7.32. The quantitative estimate of drug-likeness (QED) is 0.414. The third-order valence-electron chi connectivity index (χ3n) is 5.33. The van der Waals surface area contributed by atoms with Gasteiger partial charge in [0.1, 0.15) is 11.4 Å². The lowest BCUT2D eigenvalue weighted by Crippen LogP contribution is -2.36. The molecule has 4 nitrogen and oxygen atoms in total. The molecule has 5 aromatic rings. The van der Waals surface area contributed by atoms with Crippen LogP contribution in [0, 0.1) is 6.92 Å². The van der Waals surface area contributed by atoms with Crippen molar-refractivity contribution in [2.75, 3.05) is 5.01 Å². The van der Waals surface area contributed by atoms with Crippen LogP contribution in [0.3, 0.4) is 0 Å². The third-order valence-corrected chi connectivity index (χ3v) is 5.33. The normalized spacial score (nSPS) is 11.1. The fourth-order valence-electron chi connectivity index (χ4n) is 3.93. The molecule has 0 unspecified atom stereocenters. The standard InChI is InChI=1S/C26H20N2O2/c1-18-15-16-25(29)24(17-18)28(26(30)19-9-3-2-4-10-19)27-22-13-7-5-11-20(22)21-12-6-8-14-23(21)27/h2-17,29H,1H3. The number of benzene rings is 4. The van der Waals surface area contributed by atoms with Crippen LogP contribution in [0.4, 0.5) is 5.69 Å². The highest BCUT2D eigenvalue weighted by molar-refractivity contribution is 6.13. The summed E-state index contributed by atoms with van der Waals surface area (Å²) in [6.07, 6.45) is 0. The average molecular weight is 392 g/mol. The van der Waals surface area contributed by atoms with Crippen molar-refractivity contribution in [3.8, 4) is 5.75 Å². The number of aryl methyl sites for hydroxylation is 1. The van der Waals surface area contributed by atoms with Crippen LogP contribution in [0.1, 0.15) is 15.9 Å². The van der Waals surface area contributed by atoms with Crippen LogP contribution < -0.4 is 5.01 Å². The van der Waals surface area contributed by atoms with Gasteiger partial charge in [-0.15, -0.1) is 0 Å². The predicted octanol–water partition coefficient (Wildman–Crippen LogP) is 5.92. The number of phenolic OH excluding ortho intramolecular Hbond substituents is 1. The Morgan fingerprint density at radius 1 is 0.767 bits per heavy atom. The van der Waals surface area contributed by atoms with Crippen molar-refractivity contribution >= 4 is 33.4 Å². The Balaban J connectivity index is 1.88. The second kappa shape index (κ2) is 7.08. The molecule has 1 N–H and O–H groups in total. The van der Waals surface area contributed by atoms with Gasteiger partial charge in [0.15, 0.2) is 0 Å². The van der Waals surface area contributed by atoms with E-state index in [1.807, 2.05) is 78.3 Å². The van der Waals surface area contributed by atoms with Crippen LogP contribution in [-0.2, 0) is 0 Å². The van der Waals surface area contributed by atoms with Crippen LogP contribution in [0.5, 0.6) is 5.75 Å². The zero-order chi connectivity index (χ0) is 20.7. The molecule has 146 valence electrons. The number of carbonyl (C=O) groups excluding carboxylic acids is 1. The van der Waals surface area contributed by atoms with Gasteiger partial charge >= 0.3 is 0 Å². The van der Waals surface area contributed by atoms with Gasteiger partial charge in [-0.2, -0.15) is 0 Å². The van der Waals surface area contributed by atoms with Crippen LogP contribution >= 0.6 is 0 Å². The summed E-state index contributed by atoms with van der Waals surface area (Å²) in [5.41, 5.74) is 3.72. The lowest BCUT2D eigenvalue weighted by Gasteiger charge is -2.27. The monoisotopic (exact) mass is 392 g/mol. The SMILES string of the molecule is Cc1ccc(O)c(N(C(=O)c2ccccc2)n2c3ccccc3c3ccccc32)c1. The second-order valence-electron chi connectivity index (χ2n) is 7.32. The molecule has 0 aliphatic heterocycles. The van der Waals surface area contributed by atoms with E-state index >= 15 is 0 Å². The molecule has 4 aromatic carbocycles. The Hall–Kier alpha value is -4.05. The van der Waals surface area contributed by atoms with Gasteiger partial charge in [0.25, 0.3) is 5.91 Å². The van der Waals surface area contributed by atoms with Crippen LogP contribution in [-0.4, -0.2) is 15.7 Å². The molecule has 0 aliphatic carbocycles. The number of aromatic nitrogens is 1. The minimum atomic E-state index is -0.219. The van der Waals surface area contributed by atoms with E-state index in [0.29, 0.717) is 11.3 Å². The largest absolute Gasteiger partial charge is 0.506 e. The Morgan fingerprint density at radius 2 is 1.33 bits per heavy atom. The summed E-state index contributed by atoms with van der Waals surface area (Å²) in [6, 6.07) is 30.4. The van der Waals surface area contributed by atoms with Crippen molar-refractivity contribution < 1.29 is 9.90 Å². The molecule has 0 atom stereocenters. The Bertz CT molecular complexity index is 1330. The van der Waals surface area contributed by atoms with Crippen molar-refractivity contribution in [3.05, 3.63) is 108 Å². The molecule has 0 saturated carbocycles. The highest BCUT2D eigenvalue weighted by atomic mass is 16.3. The maximum absolute atomic E-state index is 13.8. The van der Waals surface area contributed by atoms with Gasteiger partial charge in [0.2, 0.25) is 0 Å². The molecule has 0 fully saturated rings. The molecule has 0 aliphatic rings. The molecule has 5 rings (SSSR count). The number of rotatable bonds is 3. The molecule has 4 heteroatoms. The summed E-state index contributed by atoms with van der Waals surface area (Å²) in [5.74, 6) is -0.172. The number of hydrogen-bond acceptors (Lipinski definition) is 2. The van der Waals surface area contributed by atoms with Gasteiger partial charge < -0.3 is 5.11 Å². The van der Waals surface area contributed by atoms with E-state index in [4.69, 9.17) is 0 Å². The van der Waals surface area contributed by atoms with Crippen LogP contribution in [0.15, 0.2) is 97.1 Å². The molecule has 0 saturated heterocycles. The van der Waals surface area contributed by atoms with E-state index in [9.17, 15) is 9.90 Å². The minimum absolute atomic E-state index is 0.0479. The molecule has 1 amide bonds. The Kier molecular flexibility index (Phi) is 4.25. The topological polar surface area (TPSA) is 45.5 Å². The van der Waals surface area contributed by atoms with E-state index in [2.05, 4.69) is 12.1 Å². The molecule has 0 spiro atoms. The summed E-state index contributed by atoms with van der Waals surface area (Å²) in [7, 11) is 0. The first-order chi connectivity index (χ1) is 14.6. The van der Waals surface area contributed by atoms with Crippen molar-refractivity contribution in [2.24, 2.45) is 0 Å². The number of phenols is 1. The number of amides is 1. The van der Waals surface area contributed by atoms with Crippen LogP contribution in [0.25, 0.3) is 21.8 Å². The van der Waals surface area contributed by atoms with Crippen molar-refractivity contribution in [1.29, 1.82) is 0 Å². The van der Waals surface area contributed by atoms with Crippen molar-refractivity contribution in [1.82, 2.24) is 4.68 Å². The van der Waals surface area contributed by atoms with Crippen molar-refractivity contribution in [2.45, 2.75) is 6.92 Å². The van der Waals surface area contributed by atoms with Crippen LogP contribution in [0.2, 0.25) is 0 Å². The number of hydrogen-bond donors (Lipinski definition) is 1. The zero-order valence-corrected chi connectivity index (χ0v) is 16.5. The van der Waals surface area contributed by atoms with Gasteiger partial charge in [-0.25, -0.2) is 9.69 Å². The molecule has 1 aromatic heterocycles. The molecule has 30 heavy (non-hydrogen) atoms. The number of fused-ring (bicyclic) bond motifs is 3. The molecule has 0 bridgehead atoms. The molecular formula is C26H20N2O2. The van der Waals surface area contributed by atoms with E-state index in [1.54, 1.807) is 23.2 Å². The molecular weight excluding hydrogens is 372 g/mol. The first-order valence-electron chi connectivity index (χ1n) is 9.83. The van der Waals surface area contributed by atoms with Gasteiger partial charge in [0.05, 0.1) is 11.0 Å². The first kappa shape index (κ1) is 18.0. The molecule has 1 heterocycles. The summed E-state index contributed by atoms with van der Waals surface area (Å²) >= 11 is 0. The highest BCUT2D eigenvalue weighted by Gasteiger charge is 2.26. The fourth-order valence-corrected chi connectivity index (χ4v) is 3.93. The highest BCUT2D eigenvalue weighted by Crippen LogP contribution is 2.36. The minimum Gasteiger partial charge on any atom is -0.506 e. The maximum Gasteiger partial charge on any atom is 0.277 e. The fraction of sp³-hybridized carbons (Fsp3) is 0.0385. The van der Waals surface area contributed by atoms with Gasteiger partial charge in [-0.3, -0.25) is 4.79 Å². The van der Waals surface area contributed by atoms with E-state index in [-0.39, 0.29) is 11.7 Å². The third kappa shape index (κ3) is 2.81. The summed E-state index contributed by atoms with van der Waals surface area (Å²) in [6.45, 7) is 1.94. The first-order valence-corrected chi connectivity index (χ1v) is 9.83. The number of carbonyl (C=O) groups is 1. The number of para-hydroxylation sites is 2. The predicted molar refractivity (Wildman–Crippen MR) is 121 cm³/mol. The summed E-state index contributed by atoms with van der Waals surface area (Å²) < 4.78 is 1.90. The van der Waals surface area contributed by atoms with Crippen molar-refractivity contribution in [3.63, 3.8) is 0 Å².